The molecule has 0 radical (unpaired) electrons. The monoisotopic (exact) mass is 401 g/mol. The van der Waals surface area contributed by atoms with E-state index in [-0.39, 0.29) is 17.5 Å². The van der Waals surface area contributed by atoms with Gasteiger partial charge in [0.2, 0.25) is 0 Å². The van der Waals surface area contributed by atoms with E-state index in [1.54, 1.807) is 6.07 Å². The summed E-state index contributed by atoms with van der Waals surface area (Å²) in [6, 6.07) is 19.4. The van der Waals surface area contributed by atoms with E-state index in [0.717, 1.165) is 12.8 Å². The highest BCUT2D eigenvalue weighted by molar-refractivity contribution is 5.98. The van der Waals surface area contributed by atoms with Gasteiger partial charge in [-0.2, -0.15) is 0 Å². The number of amides is 2. The number of aryl methyl sites for hydroxylation is 2. The first kappa shape index (κ1) is 21.2. The Labute approximate surface area is 177 Å². The summed E-state index contributed by atoms with van der Waals surface area (Å²) < 4.78 is 0. The van der Waals surface area contributed by atoms with Crippen LogP contribution in [0.4, 0.5) is 0 Å². The number of benzene rings is 2. The molecule has 3 aromatic rings. The number of pyridine rings is 1. The first-order valence-electron chi connectivity index (χ1n) is 10.2. The molecular formula is C25H27N3O2. The predicted octanol–water partition coefficient (Wildman–Crippen LogP) is 3.64. The lowest BCUT2D eigenvalue weighted by Gasteiger charge is -2.09. The average molecular weight is 402 g/mol. The fourth-order valence-electron chi connectivity index (χ4n) is 3.29. The molecule has 5 heteroatoms. The third-order valence-electron chi connectivity index (χ3n) is 5.14. The minimum absolute atomic E-state index is 0.208. The molecule has 2 N–H and O–H groups in total. The third kappa shape index (κ3) is 5.77. The summed E-state index contributed by atoms with van der Waals surface area (Å²) >= 11 is 0. The van der Waals surface area contributed by atoms with Gasteiger partial charge in [0.25, 0.3) is 11.8 Å². The summed E-state index contributed by atoms with van der Waals surface area (Å²) in [4.78, 5) is 29.0. The molecule has 2 amide bonds. The molecule has 0 aliphatic rings. The van der Waals surface area contributed by atoms with Gasteiger partial charge in [-0.25, -0.2) is 0 Å². The minimum atomic E-state index is -0.279. The first-order chi connectivity index (χ1) is 14.5. The molecule has 1 aromatic heterocycles. The van der Waals surface area contributed by atoms with Crippen LogP contribution in [0.15, 0.2) is 66.9 Å². The lowest BCUT2D eigenvalue weighted by atomic mass is 10.1. The van der Waals surface area contributed by atoms with Gasteiger partial charge in [-0.3, -0.25) is 14.6 Å². The van der Waals surface area contributed by atoms with Gasteiger partial charge in [0.05, 0.1) is 0 Å². The predicted molar refractivity (Wildman–Crippen MR) is 119 cm³/mol. The number of hydrogen-bond donors (Lipinski definition) is 2. The quantitative estimate of drug-likeness (QED) is 0.605. The number of rotatable bonds is 8. The molecule has 0 aliphatic heterocycles. The van der Waals surface area contributed by atoms with Crippen LogP contribution in [0.1, 0.15) is 43.1 Å². The Morgan fingerprint density at radius 2 is 1.30 bits per heavy atom. The summed E-state index contributed by atoms with van der Waals surface area (Å²) in [5.41, 5.74) is 5.49. The van der Waals surface area contributed by atoms with Crippen LogP contribution < -0.4 is 10.6 Å². The summed E-state index contributed by atoms with van der Waals surface area (Å²) in [6.45, 7) is 5.16. The van der Waals surface area contributed by atoms with Gasteiger partial charge in [-0.15, -0.1) is 0 Å². The zero-order chi connectivity index (χ0) is 21.3. The van der Waals surface area contributed by atoms with Crippen LogP contribution in [0.3, 0.4) is 0 Å². The van der Waals surface area contributed by atoms with Gasteiger partial charge < -0.3 is 10.6 Å². The highest BCUT2D eigenvalue weighted by Crippen LogP contribution is 2.09. The third-order valence-corrected chi connectivity index (χ3v) is 5.14. The van der Waals surface area contributed by atoms with Crippen LogP contribution in [-0.2, 0) is 12.8 Å². The maximum atomic E-state index is 12.5. The van der Waals surface area contributed by atoms with Gasteiger partial charge in [-0.1, -0.05) is 48.5 Å². The number of carbonyl (C=O) groups is 2. The molecule has 30 heavy (non-hydrogen) atoms. The van der Waals surface area contributed by atoms with Crippen LogP contribution in [-0.4, -0.2) is 29.9 Å². The summed E-state index contributed by atoms with van der Waals surface area (Å²) in [6.07, 6.45) is 3.00. The van der Waals surface area contributed by atoms with Crippen LogP contribution >= 0.6 is 0 Å². The summed E-state index contributed by atoms with van der Waals surface area (Å²) in [5, 5.41) is 5.79. The van der Waals surface area contributed by atoms with Crippen molar-refractivity contribution in [1.82, 2.24) is 15.6 Å². The van der Waals surface area contributed by atoms with E-state index in [9.17, 15) is 9.59 Å². The van der Waals surface area contributed by atoms with Gasteiger partial charge in [0, 0.05) is 24.8 Å². The highest BCUT2D eigenvalue weighted by atomic mass is 16.2. The smallest absolute Gasteiger partial charge is 0.269 e. The Morgan fingerprint density at radius 1 is 0.767 bits per heavy atom. The van der Waals surface area contributed by atoms with E-state index in [2.05, 4.69) is 53.7 Å². The molecule has 1 heterocycles. The highest BCUT2D eigenvalue weighted by Gasteiger charge is 2.12. The largest absolute Gasteiger partial charge is 0.352 e. The van der Waals surface area contributed by atoms with Gasteiger partial charge in [-0.05, 0) is 61.1 Å². The molecule has 0 fully saturated rings. The lowest BCUT2D eigenvalue weighted by Crippen LogP contribution is -2.28. The van der Waals surface area contributed by atoms with Crippen molar-refractivity contribution in [3.8, 4) is 0 Å². The van der Waals surface area contributed by atoms with Crippen molar-refractivity contribution in [2.75, 3.05) is 13.1 Å². The van der Waals surface area contributed by atoms with E-state index in [4.69, 9.17) is 0 Å². The van der Waals surface area contributed by atoms with Crippen LogP contribution in [0.25, 0.3) is 0 Å². The normalized spacial score (nSPS) is 10.5. The van der Waals surface area contributed by atoms with Crippen molar-refractivity contribution >= 4 is 11.8 Å². The molecule has 0 unspecified atom stereocenters. The zero-order valence-electron chi connectivity index (χ0n) is 17.4. The van der Waals surface area contributed by atoms with E-state index in [1.165, 1.54) is 34.5 Å². The second-order valence-corrected chi connectivity index (χ2v) is 7.29. The fraction of sp³-hybridized carbons (Fsp3) is 0.240. The van der Waals surface area contributed by atoms with Crippen molar-refractivity contribution in [3.05, 3.63) is 100 Å². The molecule has 154 valence electrons. The Morgan fingerprint density at radius 3 is 1.87 bits per heavy atom. The summed E-state index contributed by atoms with van der Waals surface area (Å²) in [5.74, 6) is -0.488. The molecule has 0 saturated carbocycles. The molecule has 3 rings (SSSR count). The van der Waals surface area contributed by atoms with Crippen molar-refractivity contribution < 1.29 is 9.59 Å². The minimum Gasteiger partial charge on any atom is -0.352 e. The van der Waals surface area contributed by atoms with Gasteiger partial charge in [0.15, 0.2) is 0 Å². The molecular weight excluding hydrogens is 374 g/mol. The van der Waals surface area contributed by atoms with E-state index < -0.39 is 0 Å². The Kier molecular flexibility index (Phi) is 7.33. The molecule has 0 spiro atoms. The number of carbonyl (C=O) groups excluding carboxylic acids is 2. The second kappa shape index (κ2) is 10.3. The Balaban J connectivity index is 1.51. The number of nitrogens with zero attached hydrogens (tertiary/aromatic N) is 1. The Hall–Kier alpha value is -3.47. The maximum absolute atomic E-state index is 12.5. The zero-order valence-corrected chi connectivity index (χ0v) is 17.4. The van der Waals surface area contributed by atoms with Gasteiger partial charge >= 0.3 is 0 Å². The van der Waals surface area contributed by atoms with Crippen molar-refractivity contribution in [1.29, 1.82) is 0 Å². The fourth-order valence-corrected chi connectivity index (χ4v) is 3.29. The van der Waals surface area contributed by atoms with E-state index >= 15 is 0 Å². The molecule has 5 nitrogen and oxygen atoms in total. The average Bonchev–Trinajstić information content (AvgIpc) is 2.76. The van der Waals surface area contributed by atoms with Crippen molar-refractivity contribution in [2.24, 2.45) is 0 Å². The SMILES string of the molecule is Cc1ccccc1CCNC(=O)c1ccnc(C(=O)NCCc2ccccc2C)c1. The first-order valence-corrected chi connectivity index (χ1v) is 10.2. The lowest BCUT2D eigenvalue weighted by molar-refractivity contribution is 0.0949. The van der Waals surface area contributed by atoms with Gasteiger partial charge in [0.1, 0.15) is 5.69 Å². The van der Waals surface area contributed by atoms with Crippen LogP contribution in [0.5, 0.6) is 0 Å². The van der Waals surface area contributed by atoms with Crippen molar-refractivity contribution in [3.63, 3.8) is 0 Å². The van der Waals surface area contributed by atoms with E-state index in [1.807, 2.05) is 24.3 Å². The number of nitrogens with one attached hydrogen (secondary N) is 2. The number of aromatic nitrogens is 1. The standard InChI is InChI=1S/C25H27N3O2/c1-18-7-3-5-9-20(18)11-15-27-24(29)22-13-14-26-23(17-22)25(30)28-16-12-21-10-6-4-8-19(21)2/h3-10,13-14,17H,11-12,15-16H2,1-2H3,(H,27,29)(H,28,30). The molecule has 0 aliphatic carbocycles. The van der Waals surface area contributed by atoms with Crippen LogP contribution in [0.2, 0.25) is 0 Å². The van der Waals surface area contributed by atoms with Crippen molar-refractivity contribution in [2.45, 2.75) is 26.7 Å². The topological polar surface area (TPSA) is 71.1 Å². The molecule has 0 bridgehead atoms. The maximum Gasteiger partial charge on any atom is 0.269 e. The second-order valence-electron chi connectivity index (χ2n) is 7.29. The van der Waals surface area contributed by atoms with Crippen LogP contribution in [0, 0.1) is 13.8 Å². The Bertz CT molecular complexity index is 951. The molecule has 0 atom stereocenters. The number of hydrogen-bond acceptors (Lipinski definition) is 3. The molecule has 2 aromatic carbocycles. The van der Waals surface area contributed by atoms with E-state index in [0.29, 0.717) is 18.7 Å². The summed E-state index contributed by atoms with van der Waals surface area (Å²) in [7, 11) is 0. The molecule has 0 saturated heterocycles.